The first-order valence-corrected chi connectivity index (χ1v) is 10.3. The van der Waals surface area contributed by atoms with Gasteiger partial charge < -0.3 is 20.8 Å². The summed E-state index contributed by atoms with van der Waals surface area (Å²) >= 11 is 3.21. The molecule has 1 aromatic heterocycles. The number of halogens is 1. The van der Waals surface area contributed by atoms with E-state index in [1.54, 1.807) is 0 Å². The largest absolute Gasteiger partial charge is 0.507 e. The molecule has 5 N–H and O–H groups in total. The Hall–Kier alpha value is -4.18. The van der Waals surface area contributed by atoms with Gasteiger partial charge in [-0.2, -0.15) is 20.1 Å². The molecule has 32 heavy (non-hydrogen) atoms. The van der Waals surface area contributed by atoms with E-state index in [1.165, 1.54) is 18.3 Å². The maximum Gasteiger partial charge on any atom is 0.250 e. The molecule has 0 bridgehead atoms. The zero-order chi connectivity index (χ0) is 22.3. The molecule has 4 rings (SSSR count). The number of phenolic OH excluding ortho intramolecular Hbond substituents is 2. The molecule has 9 nitrogen and oxygen atoms in total. The third-order valence-corrected chi connectivity index (χ3v) is 4.79. The lowest BCUT2D eigenvalue weighted by Crippen LogP contribution is -2.07. The fraction of sp³-hybridized carbons (Fsp3) is 0. The van der Waals surface area contributed by atoms with Crippen LogP contribution in [0.3, 0.4) is 0 Å². The minimum atomic E-state index is -0.121. The Kier molecular flexibility index (Phi) is 6.42. The van der Waals surface area contributed by atoms with Crippen LogP contribution in [-0.4, -0.2) is 31.4 Å². The molecule has 0 saturated carbocycles. The van der Waals surface area contributed by atoms with E-state index in [4.69, 9.17) is 0 Å². The Labute approximate surface area is 192 Å². The third kappa shape index (κ3) is 5.49. The highest BCUT2D eigenvalue weighted by Crippen LogP contribution is 2.30. The summed E-state index contributed by atoms with van der Waals surface area (Å²) in [7, 11) is 0. The van der Waals surface area contributed by atoms with Gasteiger partial charge in [-0.1, -0.05) is 36.4 Å². The van der Waals surface area contributed by atoms with E-state index in [2.05, 4.69) is 52.0 Å². The molecule has 0 spiro atoms. The Morgan fingerprint density at radius 2 is 1.25 bits per heavy atom. The summed E-state index contributed by atoms with van der Waals surface area (Å²) in [5.74, 6) is 0.628. The van der Waals surface area contributed by atoms with E-state index >= 15 is 0 Å². The number of para-hydroxylation sites is 2. The van der Waals surface area contributed by atoms with E-state index in [0.29, 0.717) is 21.9 Å². The highest BCUT2D eigenvalue weighted by Gasteiger charge is 2.08. The summed E-state index contributed by atoms with van der Waals surface area (Å²) in [6.45, 7) is 0. The molecule has 0 atom stereocenters. The molecule has 4 aromatic rings. The lowest BCUT2D eigenvalue weighted by Gasteiger charge is -2.10. The first-order chi connectivity index (χ1) is 15.6. The first kappa shape index (κ1) is 21.1. The average molecular weight is 492 g/mol. The summed E-state index contributed by atoms with van der Waals surface area (Å²) in [4.78, 5) is 13.1. The first-order valence-electron chi connectivity index (χ1n) is 9.47. The SMILES string of the molecule is Oc1cc(O)c(/C=N/Nc2nc(Nc3ccccc3)nc(Nc3ccccc3)n2)cc1Br. The molecule has 0 fully saturated rings. The van der Waals surface area contributed by atoms with E-state index in [0.717, 1.165) is 11.4 Å². The molecule has 0 saturated heterocycles. The Morgan fingerprint density at radius 1 is 0.719 bits per heavy atom. The van der Waals surface area contributed by atoms with Crippen molar-refractivity contribution in [2.24, 2.45) is 5.10 Å². The number of aromatic nitrogens is 3. The maximum atomic E-state index is 9.97. The van der Waals surface area contributed by atoms with E-state index < -0.39 is 0 Å². The predicted octanol–water partition coefficient (Wildman–Crippen LogP) is 4.98. The van der Waals surface area contributed by atoms with Gasteiger partial charge in [0.1, 0.15) is 11.5 Å². The smallest absolute Gasteiger partial charge is 0.250 e. The van der Waals surface area contributed by atoms with Crippen LogP contribution >= 0.6 is 15.9 Å². The quantitative estimate of drug-likeness (QED) is 0.181. The zero-order valence-electron chi connectivity index (χ0n) is 16.6. The van der Waals surface area contributed by atoms with Crippen LogP contribution in [0.4, 0.5) is 29.2 Å². The number of phenols is 2. The molecule has 0 amide bonds. The summed E-state index contributed by atoms with van der Waals surface area (Å²) in [6, 6.07) is 21.8. The van der Waals surface area contributed by atoms with Crippen molar-refractivity contribution in [3.63, 3.8) is 0 Å². The number of nitrogens with one attached hydrogen (secondary N) is 3. The molecule has 160 valence electrons. The number of hydrogen-bond donors (Lipinski definition) is 5. The molecule has 3 aromatic carbocycles. The molecule has 0 aliphatic heterocycles. The summed E-state index contributed by atoms with van der Waals surface area (Å²) < 4.78 is 0.431. The van der Waals surface area contributed by atoms with Crippen LogP contribution in [0.5, 0.6) is 11.5 Å². The van der Waals surface area contributed by atoms with Crippen LogP contribution in [0.15, 0.2) is 82.4 Å². The molecule has 0 radical (unpaired) electrons. The third-order valence-electron chi connectivity index (χ3n) is 4.16. The van der Waals surface area contributed by atoms with Gasteiger partial charge in [-0.3, -0.25) is 0 Å². The average Bonchev–Trinajstić information content (AvgIpc) is 2.78. The number of hydrogen-bond acceptors (Lipinski definition) is 9. The minimum absolute atomic E-state index is 0.0710. The standard InChI is InChI=1S/C22H18BrN7O2/c23-17-11-14(18(31)12-19(17)32)13-24-30-22-28-20(25-15-7-3-1-4-8-15)27-21(29-22)26-16-9-5-2-6-10-16/h1-13,31-32H,(H3,25,26,27,28,29,30)/b24-13+. The number of hydrazone groups is 1. The van der Waals surface area contributed by atoms with Crippen LogP contribution in [0, 0.1) is 0 Å². The van der Waals surface area contributed by atoms with Crippen molar-refractivity contribution < 1.29 is 10.2 Å². The van der Waals surface area contributed by atoms with Crippen LogP contribution in [0.1, 0.15) is 5.56 Å². The summed E-state index contributed by atoms with van der Waals surface area (Å²) in [5, 5.41) is 30.0. The number of aromatic hydroxyl groups is 2. The van der Waals surface area contributed by atoms with Gasteiger partial charge in [-0.15, -0.1) is 0 Å². The molecular weight excluding hydrogens is 474 g/mol. The van der Waals surface area contributed by atoms with Gasteiger partial charge in [-0.05, 0) is 46.3 Å². The number of nitrogens with zero attached hydrogens (tertiary/aromatic N) is 4. The highest BCUT2D eigenvalue weighted by atomic mass is 79.9. The molecule has 0 unspecified atom stereocenters. The van der Waals surface area contributed by atoms with E-state index in [1.807, 2.05) is 60.7 Å². The second-order valence-electron chi connectivity index (χ2n) is 6.52. The monoisotopic (exact) mass is 491 g/mol. The number of benzene rings is 3. The zero-order valence-corrected chi connectivity index (χ0v) is 18.2. The van der Waals surface area contributed by atoms with Crippen LogP contribution in [-0.2, 0) is 0 Å². The Balaban J connectivity index is 1.59. The van der Waals surface area contributed by atoms with Crippen LogP contribution in [0.25, 0.3) is 0 Å². The Morgan fingerprint density at radius 3 is 1.81 bits per heavy atom. The van der Waals surface area contributed by atoms with Gasteiger partial charge >= 0.3 is 0 Å². The van der Waals surface area contributed by atoms with Crippen molar-refractivity contribution in [2.75, 3.05) is 16.1 Å². The second-order valence-corrected chi connectivity index (χ2v) is 7.38. The summed E-state index contributed by atoms with van der Waals surface area (Å²) in [5.41, 5.74) is 4.77. The predicted molar refractivity (Wildman–Crippen MR) is 128 cm³/mol. The van der Waals surface area contributed by atoms with Crippen LogP contribution in [0.2, 0.25) is 0 Å². The van der Waals surface area contributed by atoms with Gasteiger partial charge in [-0.25, -0.2) is 5.43 Å². The molecule has 0 aliphatic carbocycles. The molecular formula is C22H18BrN7O2. The van der Waals surface area contributed by atoms with Crippen molar-refractivity contribution in [1.82, 2.24) is 15.0 Å². The maximum absolute atomic E-state index is 9.97. The lowest BCUT2D eigenvalue weighted by atomic mass is 10.2. The lowest BCUT2D eigenvalue weighted by molar-refractivity contribution is 0.448. The van der Waals surface area contributed by atoms with Gasteiger partial charge in [0.25, 0.3) is 0 Å². The molecule has 10 heteroatoms. The normalized spacial score (nSPS) is 10.8. The minimum Gasteiger partial charge on any atom is -0.507 e. The fourth-order valence-electron chi connectivity index (χ4n) is 2.67. The van der Waals surface area contributed by atoms with Crippen molar-refractivity contribution in [3.8, 4) is 11.5 Å². The van der Waals surface area contributed by atoms with Crippen molar-refractivity contribution >= 4 is 51.4 Å². The fourth-order valence-corrected chi connectivity index (χ4v) is 3.03. The van der Waals surface area contributed by atoms with Crippen molar-refractivity contribution in [2.45, 2.75) is 0 Å². The van der Waals surface area contributed by atoms with E-state index in [-0.39, 0.29) is 17.4 Å². The van der Waals surface area contributed by atoms with Crippen molar-refractivity contribution in [1.29, 1.82) is 0 Å². The van der Waals surface area contributed by atoms with E-state index in [9.17, 15) is 10.2 Å². The number of anilines is 5. The van der Waals surface area contributed by atoms with Gasteiger partial charge in [0.15, 0.2) is 0 Å². The molecule has 1 heterocycles. The Bertz CT molecular complexity index is 1180. The second kappa shape index (κ2) is 9.75. The van der Waals surface area contributed by atoms with Gasteiger partial charge in [0, 0.05) is 23.0 Å². The summed E-state index contributed by atoms with van der Waals surface area (Å²) in [6.07, 6.45) is 1.39. The van der Waals surface area contributed by atoms with Gasteiger partial charge in [0.2, 0.25) is 17.8 Å². The molecule has 0 aliphatic rings. The topological polar surface area (TPSA) is 128 Å². The van der Waals surface area contributed by atoms with Gasteiger partial charge in [0.05, 0.1) is 10.7 Å². The van der Waals surface area contributed by atoms with Crippen LogP contribution < -0.4 is 16.1 Å². The number of rotatable bonds is 7. The van der Waals surface area contributed by atoms with Crippen molar-refractivity contribution in [3.05, 3.63) is 82.8 Å². The highest BCUT2D eigenvalue weighted by molar-refractivity contribution is 9.10.